The number of esters is 2. The first-order valence-electron chi connectivity index (χ1n) is 12.4. The first-order chi connectivity index (χ1) is 17.3. The number of anilines is 1. The Kier molecular flexibility index (Phi) is 8.05. The smallest absolute Gasteiger partial charge is 0.348 e. The number of carbonyl (C=O) groups excluding carboxylic acids is 3. The summed E-state index contributed by atoms with van der Waals surface area (Å²) in [4.78, 5) is 39.8. The number of aryl methyl sites for hydroxylation is 2. The van der Waals surface area contributed by atoms with Crippen molar-refractivity contribution in [1.82, 2.24) is 4.57 Å². The van der Waals surface area contributed by atoms with E-state index in [1.54, 1.807) is 19.9 Å². The van der Waals surface area contributed by atoms with Gasteiger partial charge in [0, 0.05) is 22.5 Å². The number of carbonyl (C=O) groups is 3. The van der Waals surface area contributed by atoms with Gasteiger partial charge < -0.3 is 19.4 Å². The molecule has 2 heterocycles. The number of benzene rings is 1. The van der Waals surface area contributed by atoms with Gasteiger partial charge in [-0.1, -0.05) is 18.0 Å². The topological polar surface area (TPSA) is 86.6 Å². The van der Waals surface area contributed by atoms with Gasteiger partial charge in [-0.2, -0.15) is 0 Å². The van der Waals surface area contributed by atoms with Gasteiger partial charge in [0.25, 0.3) is 5.91 Å². The quantitative estimate of drug-likeness (QED) is 0.335. The lowest BCUT2D eigenvalue weighted by molar-refractivity contribution is 0.0216. The minimum atomic E-state index is -0.585. The number of hydrogen-bond acceptors (Lipinski definition) is 6. The molecule has 1 aromatic carbocycles. The summed E-state index contributed by atoms with van der Waals surface area (Å²) in [6.45, 7) is 7.98. The molecule has 1 saturated carbocycles. The third kappa shape index (κ3) is 5.02. The van der Waals surface area contributed by atoms with Gasteiger partial charge in [-0.05, 0) is 82.7 Å². The number of thiophene rings is 1. The summed E-state index contributed by atoms with van der Waals surface area (Å²) in [5.41, 5.74) is 2.80. The van der Waals surface area contributed by atoms with Crippen LogP contribution in [0.3, 0.4) is 0 Å². The number of ether oxygens (including phenoxy) is 2. The Morgan fingerprint density at radius 2 is 1.81 bits per heavy atom. The van der Waals surface area contributed by atoms with Crippen molar-refractivity contribution in [2.24, 2.45) is 0 Å². The molecule has 0 saturated heterocycles. The molecule has 0 aliphatic heterocycles. The van der Waals surface area contributed by atoms with E-state index in [0.29, 0.717) is 27.7 Å². The van der Waals surface area contributed by atoms with E-state index in [0.717, 1.165) is 59.9 Å². The highest BCUT2D eigenvalue weighted by atomic mass is 35.5. The Morgan fingerprint density at radius 1 is 1.08 bits per heavy atom. The zero-order valence-electron chi connectivity index (χ0n) is 21.0. The van der Waals surface area contributed by atoms with Gasteiger partial charge in [-0.3, -0.25) is 4.79 Å². The largest absolute Gasteiger partial charge is 0.462 e. The maximum absolute atomic E-state index is 13.6. The van der Waals surface area contributed by atoms with Gasteiger partial charge in [0.2, 0.25) is 0 Å². The number of aromatic nitrogens is 1. The Balaban J connectivity index is 1.71. The molecule has 192 valence electrons. The molecule has 0 spiro atoms. The van der Waals surface area contributed by atoms with Crippen molar-refractivity contribution in [3.8, 4) is 0 Å². The summed E-state index contributed by atoms with van der Waals surface area (Å²) in [5.74, 6) is -1.43. The fourth-order valence-corrected chi connectivity index (χ4v) is 6.16. The van der Waals surface area contributed by atoms with Crippen LogP contribution in [0.15, 0.2) is 18.2 Å². The molecule has 3 aromatic rings. The maximum Gasteiger partial charge on any atom is 0.348 e. The highest BCUT2D eigenvalue weighted by Crippen LogP contribution is 2.36. The van der Waals surface area contributed by atoms with Gasteiger partial charge in [-0.15, -0.1) is 11.3 Å². The van der Waals surface area contributed by atoms with Crippen LogP contribution in [0.1, 0.15) is 87.6 Å². The summed E-state index contributed by atoms with van der Waals surface area (Å²) in [5, 5.41) is 4.65. The minimum absolute atomic E-state index is 0.119. The number of amides is 1. The number of hydrogen-bond donors (Lipinski definition) is 1. The van der Waals surface area contributed by atoms with Crippen molar-refractivity contribution in [3.63, 3.8) is 0 Å². The first kappa shape index (κ1) is 26.2. The maximum atomic E-state index is 13.6. The molecule has 0 atom stereocenters. The van der Waals surface area contributed by atoms with Gasteiger partial charge in [0.15, 0.2) is 0 Å². The SMILES string of the molecule is CCOC(=O)c1c(NC(=O)c2c(C)c3cc(Cl)ccc3n2CC)sc(C(=O)OC2CCCCC2)c1C. The fourth-order valence-electron chi connectivity index (χ4n) is 4.91. The predicted molar refractivity (Wildman–Crippen MR) is 143 cm³/mol. The zero-order valence-corrected chi connectivity index (χ0v) is 22.6. The fraction of sp³-hybridized carbons (Fsp3) is 0.444. The van der Waals surface area contributed by atoms with Gasteiger partial charge in [0.05, 0.1) is 12.2 Å². The molecule has 7 nitrogen and oxygen atoms in total. The molecule has 2 aromatic heterocycles. The summed E-state index contributed by atoms with van der Waals surface area (Å²) in [7, 11) is 0. The van der Waals surface area contributed by atoms with Crippen molar-refractivity contribution in [2.45, 2.75) is 72.4 Å². The van der Waals surface area contributed by atoms with Crippen LogP contribution in [-0.4, -0.2) is 35.1 Å². The number of nitrogens with zero attached hydrogens (tertiary/aromatic N) is 1. The van der Waals surface area contributed by atoms with Crippen LogP contribution in [0.4, 0.5) is 5.00 Å². The third-order valence-corrected chi connectivity index (χ3v) is 8.10. The lowest BCUT2D eigenvalue weighted by atomic mass is 9.98. The zero-order chi connectivity index (χ0) is 26.0. The van der Waals surface area contributed by atoms with Crippen LogP contribution in [0.2, 0.25) is 5.02 Å². The van der Waals surface area contributed by atoms with Crippen LogP contribution < -0.4 is 5.32 Å². The molecule has 36 heavy (non-hydrogen) atoms. The van der Waals surface area contributed by atoms with Gasteiger partial charge in [0.1, 0.15) is 21.7 Å². The molecule has 0 unspecified atom stereocenters. The van der Waals surface area contributed by atoms with Crippen LogP contribution >= 0.6 is 22.9 Å². The van der Waals surface area contributed by atoms with E-state index in [2.05, 4.69) is 5.32 Å². The van der Waals surface area contributed by atoms with Gasteiger partial charge >= 0.3 is 11.9 Å². The standard InChI is InChI=1S/C27H31ClN2O5S/c1-5-30-20-13-12-17(28)14-19(20)15(3)22(30)24(31)29-25-21(26(32)34-6-2)16(4)23(36-25)27(33)35-18-10-8-7-9-11-18/h12-14,18H,5-11H2,1-4H3,(H,29,31). The number of fused-ring (bicyclic) bond motifs is 1. The highest BCUT2D eigenvalue weighted by Gasteiger charge is 2.30. The molecule has 4 rings (SSSR count). The molecular formula is C27H31ClN2O5S. The number of nitrogens with one attached hydrogen (secondary N) is 1. The molecule has 0 radical (unpaired) electrons. The number of rotatable bonds is 7. The lowest BCUT2D eigenvalue weighted by Crippen LogP contribution is -2.21. The molecule has 9 heteroatoms. The average molecular weight is 531 g/mol. The Labute approximate surface area is 219 Å². The van der Waals surface area contributed by atoms with Crippen LogP contribution in [0, 0.1) is 13.8 Å². The minimum Gasteiger partial charge on any atom is -0.462 e. The van der Waals surface area contributed by atoms with E-state index >= 15 is 0 Å². The molecule has 1 N–H and O–H groups in total. The van der Waals surface area contributed by atoms with E-state index in [1.165, 1.54) is 0 Å². The molecule has 0 bridgehead atoms. The predicted octanol–water partition coefficient (Wildman–Crippen LogP) is 6.91. The van der Waals surface area contributed by atoms with Crippen molar-refractivity contribution in [1.29, 1.82) is 0 Å². The third-order valence-electron chi connectivity index (χ3n) is 6.67. The molecule has 1 aliphatic carbocycles. The van der Waals surface area contributed by atoms with Crippen LogP contribution in [-0.2, 0) is 16.0 Å². The van der Waals surface area contributed by atoms with Crippen LogP contribution in [0.25, 0.3) is 10.9 Å². The van der Waals surface area contributed by atoms with E-state index in [1.807, 2.05) is 30.5 Å². The van der Waals surface area contributed by atoms with Crippen molar-refractivity contribution in [2.75, 3.05) is 11.9 Å². The van der Waals surface area contributed by atoms with Gasteiger partial charge in [-0.25, -0.2) is 9.59 Å². The van der Waals surface area contributed by atoms with E-state index in [-0.39, 0.29) is 29.2 Å². The summed E-state index contributed by atoms with van der Waals surface area (Å²) < 4.78 is 12.9. The Hall–Kier alpha value is -2.84. The summed E-state index contributed by atoms with van der Waals surface area (Å²) >= 11 is 7.26. The highest BCUT2D eigenvalue weighted by molar-refractivity contribution is 7.18. The van der Waals surface area contributed by atoms with Crippen molar-refractivity contribution < 1.29 is 23.9 Å². The van der Waals surface area contributed by atoms with Crippen molar-refractivity contribution >= 4 is 56.7 Å². The normalized spacial score (nSPS) is 14.1. The molecule has 1 aliphatic rings. The van der Waals surface area contributed by atoms with E-state index < -0.39 is 11.9 Å². The lowest BCUT2D eigenvalue weighted by Gasteiger charge is -2.21. The second kappa shape index (κ2) is 11.0. The second-order valence-corrected chi connectivity index (χ2v) is 10.4. The second-order valence-electron chi connectivity index (χ2n) is 8.98. The molecule has 1 fully saturated rings. The van der Waals surface area contributed by atoms with E-state index in [9.17, 15) is 14.4 Å². The molecule has 1 amide bonds. The Bertz CT molecular complexity index is 1320. The summed E-state index contributed by atoms with van der Waals surface area (Å²) in [6, 6.07) is 5.53. The average Bonchev–Trinajstić information content (AvgIpc) is 3.33. The van der Waals surface area contributed by atoms with Crippen molar-refractivity contribution in [3.05, 3.63) is 50.5 Å². The monoisotopic (exact) mass is 530 g/mol. The number of halogens is 1. The van der Waals surface area contributed by atoms with Crippen LogP contribution in [0.5, 0.6) is 0 Å². The molecular weight excluding hydrogens is 500 g/mol. The Morgan fingerprint density at radius 3 is 2.47 bits per heavy atom. The summed E-state index contributed by atoms with van der Waals surface area (Å²) in [6.07, 6.45) is 4.78. The first-order valence-corrected chi connectivity index (χ1v) is 13.6. The van der Waals surface area contributed by atoms with E-state index in [4.69, 9.17) is 21.1 Å².